The number of benzene rings is 1. The summed E-state index contributed by atoms with van der Waals surface area (Å²) in [5, 5.41) is 0. The highest BCUT2D eigenvalue weighted by Gasteiger charge is 2.66. The van der Waals surface area contributed by atoms with Crippen LogP contribution < -0.4 is 4.90 Å². The number of likely N-dealkylation sites (tertiary alicyclic amines) is 1. The monoisotopic (exact) mass is 539 g/mol. The molecule has 2 atom stereocenters. The lowest BCUT2D eigenvalue weighted by molar-refractivity contribution is -0.243. The van der Waals surface area contributed by atoms with Crippen LogP contribution in [0.5, 0.6) is 0 Å². The largest absolute Gasteiger partial charge is 0.437 e. The second kappa shape index (κ2) is 9.62. The Labute approximate surface area is 217 Å². The van der Waals surface area contributed by atoms with E-state index in [9.17, 15) is 26.7 Å². The van der Waals surface area contributed by atoms with Crippen LogP contribution in [0.25, 0.3) is 0 Å². The minimum Gasteiger partial charge on any atom is -0.437 e. The van der Waals surface area contributed by atoms with Gasteiger partial charge in [0, 0.05) is 63.4 Å². The van der Waals surface area contributed by atoms with E-state index >= 15 is 0 Å². The molecule has 1 aromatic heterocycles. The van der Waals surface area contributed by atoms with E-state index in [2.05, 4.69) is 14.9 Å². The van der Waals surface area contributed by atoms with Crippen molar-refractivity contribution in [1.29, 1.82) is 0 Å². The number of anilines is 1. The minimum atomic E-state index is -4.54. The zero-order valence-electron chi connectivity index (χ0n) is 21.2. The topological polar surface area (TPSA) is 61.8 Å². The average molecular weight is 540 g/mol. The lowest BCUT2D eigenvalue weighted by Gasteiger charge is -2.63. The van der Waals surface area contributed by atoms with Gasteiger partial charge in [-0.05, 0) is 19.4 Å². The number of nitrogens with zero attached hydrogens (tertiary/aromatic N) is 5. The first kappa shape index (κ1) is 26.6. The van der Waals surface area contributed by atoms with Crippen LogP contribution in [0.2, 0.25) is 0 Å². The van der Waals surface area contributed by atoms with Crippen LogP contribution in [-0.2, 0) is 17.5 Å². The van der Waals surface area contributed by atoms with Crippen molar-refractivity contribution in [3.63, 3.8) is 0 Å². The molecule has 2 saturated heterocycles. The number of hydrogen-bond acceptors (Lipinski definition) is 6. The smallest absolute Gasteiger partial charge is 0.419 e. The van der Waals surface area contributed by atoms with Gasteiger partial charge in [-0.3, -0.25) is 9.80 Å². The third-order valence-electron chi connectivity index (χ3n) is 7.78. The van der Waals surface area contributed by atoms with Gasteiger partial charge in [0.2, 0.25) is 5.95 Å². The van der Waals surface area contributed by atoms with Crippen molar-refractivity contribution in [2.24, 2.45) is 5.41 Å². The van der Waals surface area contributed by atoms with Crippen molar-refractivity contribution in [2.75, 3.05) is 31.1 Å². The fourth-order valence-electron chi connectivity index (χ4n) is 6.27. The van der Waals surface area contributed by atoms with Gasteiger partial charge in [-0.15, -0.1) is 0 Å². The first-order valence-corrected chi connectivity index (χ1v) is 12.6. The summed E-state index contributed by atoms with van der Waals surface area (Å²) in [4.78, 5) is 26.1. The molecule has 1 aliphatic carbocycles. The van der Waals surface area contributed by atoms with Crippen LogP contribution in [0.4, 0.5) is 32.7 Å². The molecular formula is C26H30F5N5O2. The third kappa shape index (κ3) is 5.02. The molecule has 38 heavy (non-hydrogen) atoms. The average Bonchev–Trinajstić information content (AvgIpc) is 2.80. The Hall–Kier alpha value is -3.02. The van der Waals surface area contributed by atoms with Gasteiger partial charge in [-0.25, -0.2) is 23.5 Å². The number of hydrogen-bond donors (Lipinski definition) is 0. The molecular weight excluding hydrogens is 509 g/mol. The molecule has 1 amide bonds. The van der Waals surface area contributed by atoms with E-state index in [0.29, 0.717) is 13.1 Å². The van der Waals surface area contributed by atoms with Crippen molar-refractivity contribution < 1.29 is 31.5 Å². The summed E-state index contributed by atoms with van der Waals surface area (Å²) in [6.07, 6.45) is -6.45. The van der Waals surface area contributed by atoms with Crippen LogP contribution in [0, 0.1) is 5.41 Å². The van der Waals surface area contributed by atoms with Gasteiger partial charge < -0.3 is 9.64 Å². The number of carbonyl (C=O) groups is 1. The fourth-order valence-corrected chi connectivity index (χ4v) is 6.27. The Kier molecular flexibility index (Phi) is 6.73. The Morgan fingerprint density at radius 1 is 1.05 bits per heavy atom. The van der Waals surface area contributed by atoms with Crippen LogP contribution in [0.15, 0.2) is 42.7 Å². The quantitative estimate of drug-likeness (QED) is 0.508. The first-order valence-electron chi connectivity index (χ1n) is 12.6. The lowest BCUT2D eigenvalue weighted by atomic mass is 9.55. The number of aromatic nitrogens is 2. The summed E-state index contributed by atoms with van der Waals surface area (Å²) in [6.45, 7) is 6.05. The molecule has 0 bridgehead atoms. The summed E-state index contributed by atoms with van der Waals surface area (Å²) in [7, 11) is 0. The van der Waals surface area contributed by atoms with Gasteiger partial charge in [0.1, 0.15) is 0 Å². The number of rotatable bonds is 5. The molecule has 2 aromatic rings. The SMILES string of the molecule is C[C@@H]1CN(c2ncc(C(F)(F)F)cn2)C[C@H](C)N1C(=O)OC1(C(F)F)CC2(CN(Cc3ccccc3)C2)C1. The summed E-state index contributed by atoms with van der Waals surface area (Å²) >= 11 is 0. The van der Waals surface area contributed by atoms with E-state index < -0.39 is 41.9 Å². The predicted molar refractivity (Wildman–Crippen MR) is 129 cm³/mol. The highest BCUT2D eigenvalue weighted by atomic mass is 19.4. The molecule has 5 rings (SSSR count). The number of halogens is 5. The van der Waals surface area contributed by atoms with Crippen molar-refractivity contribution >= 4 is 12.0 Å². The van der Waals surface area contributed by atoms with E-state index in [-0.39, 0.29) is 37.3 Å². The summed E-state index contributed by atoms with van der Waals surface area (Å²) in [5.74, 6) is 0.111. The zero-order valence-corrected chi connectivity index (χ0v) is 21.2. The molecule has 1 aromatic carbocycles. The van der Waals surface area contributed by atoms with Gasteiger partial charge >= 0.3 is 12.3 Å². The molecule has 0 unspecified atom stereocenters. The molecule has 3 heterocycles. The second-order valence-electron chi connectivity index (χ2n) is 11.0. The maximum atomic E-state index is 14.2. The molecule has 0 N–H and O–H groups in total. The molecule has 3 aliphatic rings. The summed E-state index contributed by atoms with van der Waals surface area (Å²) < 4.78 is 72.4. The Morgan fingerprint density at radius 3 is 2.16 bits per heavy atom. The van der Waals surface area contributed by atoms with Crippen molar-refractivity contribution in [2.45, 2.75) is 63.5 Å². The van der Waals surface area contributed by atoms with Crippen molar-refractivity contribution in [3.8, 4) is 0 Å². The van der Waals surface area contributed by atoms with E-state index in [1.54, 1.807) is 18.7 Å². The second-order valence-corrected chi connectivity index (χ2v) is 11.0. The molecule has 7 nitrogen and oxygen atoms in total. The normalized spacial score (nSPS) is 24.7. The van der Waals surface area contributed by atoms with Crippen LogP contribution in [0.1, 0.15) is 37.8 Å². The fraction of sp³-hybridized carbons (Fsp3) is 0.577. The Balaban J connectivity index is 1.18. The van der Waals surface area contributed by atoms with Gasteiger partial charge in [-0.1, -0.05) is 30.3 Å². The lowest BCUT2D eigenvalue weighted by Crippen LogP contribution is -2.71. The minimum absolute atomic E-state index is 0.111. The zero-order chi connectivity index (χ0) is 27.3. The highest BCUT2D eigenvalue weighted by Crippen LogP contribution is 2.58. The number of piperazine rings is 1. The van der Waals surface area contributed by atoms with Gasteiger partial charge in [0.25, 0.3) is 6.43 Å². The van der Waals surface area contributed by atoms with Crippen LogP contribution >= 0.6 is 0 Å². The maximum absolute atomic E-state index is 14.2. The molecule has 1 spiro atoms. The standard InChI is InChI=1S/C26H30F5N5O2/c1-17-10-35(22-32-8-20(9-33-22)26(29,30)31)11-18(2)36(17)23(37)38-25(21(27)28)13-24(14-25)15-34(16-24)12-19-6-4-3-5-7-19/h3-9,17-18,21H,10-16H2,1-2H3/t17-,18+. The predicted octanol–water partition coefficient (Wildman–Crippen LogP) is 4.83. The highest BCUT2D eigenvalue weighted by molar-refractivity contribution is 5.70. The Bertz CT molecular complexity index is 1120. The molecule has 12 heteroatoms. The molecule has 1 saturated carbocycles. The van der Waals surface area contributed by atoms with E-state index in [1.165, 1.54) is 4.90 Å². The molecule has 2 aliphatic heterocycles. The molecule has 0 radical (unpaired) electrons. The van der Waals surface area contributed by atoms with E-state index in [4.69, 9.17) is 4.74 Å². The first-order chi connectivity index (χ1) is 17.9. The van der Waals surface area contributed by atoms with E-state index in [0.717, 1.165) is 24.5 Å². The van der Waals surface area contributed by atoms with Crippen molar-refractivity contribution in [1.82, 2.24) is 19.8 Å². The number of ether oxygens (including phenoxy) is 1. The number of alkyl halides is 5. The van der Waals surface area contributed by atoms with Gasteiger partial charge in [0.05, 0.1) is 17.6 Å². The third-order valence-corrected chi connectivity index (χ3v) is 7.78. The van der Waals surface area contributed by atoms with Gasteiger partial charge in [0.15, 0.2) is 5.60 Å². The Morgan fingerprint density at radius 2 is 1.63 bits per heavy atom. The van der Waals surface area contributed by atoms with Crippen molar-refractivity contribution in [3.05, 3.63) is 53.9 Å². The molecule has 3 fully saturated rings. The van der Waals surface area contributed by atoms with Gasteiger partial charge in [-0.2, -0.15) is 13.2 Å². The summed E-state index contributed by atoms with van der Waals surface area (Å²) in [6, 6.07) is 9.03. The van der Waals surface area contributed by atoms with Crippen LogP contribution in [-0.4, -0.2) is 76.2 Å². The number of carbonyl (C=O) groups excluding carboxylic acids is 1. The van der Waals surface area contributed by atoms with E-state index in [1.807, 2.05) is 30.3 Å². The molecule has 206 valence electrons. The summed E-state index contributed by atoms with van der Waals surface area (Å²) in [5.41, 5.74) is -1.85. The maximum Gasteiger partial charge on any atom is 0.419 e. The van der Waals surface area contributed by atoms with Crippen LogP contribution in [0.3, 0.4) is 0 Å². The number of amides is 1.